The molecule has 0 heterocycles. The number of carbonyl (C=O) groups excluding carboxylic acids is 2. The van der Waals surface area contributed by atoms with Gasteiger partial charge in [-0.05, 0) is 18.6 Å². The Morgan fingerprint density at radius 2 is 1.46 bits per heavy atom. The molecule has 2 rings (SSSR count). The number of nitrogens with one attached hydrogen (secondary N) is 2. The van der Waals surface area contributed by atoms with Gasteiger partial charge in [0.2, 0.25) is 17.6 Å². The molecule has 0 saturated heterocycles. The summed E-state index contributed by atoms with van der Waals surface area (Å²) in [5.41, 5.74) is 2.04. The summed E-state index contributed by atoms with van der Waals surface area (Å²) in [5, 5.41) is 5.38. The molecule has 2 N–H and O–H groups in total. The molecule has 0 unspecified atom stereocenters. The summed E-state index contributed by atoms with van der Waals surface area (Å²) >= 11 is 0. The lowest BCUT2D eigenvalue weighted by Gasteiger charge is -2.14. The lowest BCUT2D eigenvalue weighted by atomic mass is 10.2. The molecule has 0 aromatic heterocycles. The first kappa shape index (κ1) is 19.1. The number of benzene rings is 2. The molecular weight excluding hydrogens is 336 g/mol. The Hall–Kier alpha value is -3.22. The molecule has 0 fully saturated rings. The second-order valence-electron chi connectivity index (χ2n) is 5.50. The summed E-state index contributed by atoms with van der Waals surface area (Å²) in [4.78, 5) is 24.2. The quantitative estimate of drug-likeness (QED) is 0.743. The molecule has 2 aromatic carbocycles. The standard InChI is InChI=1S/C19H22N2O5/c1-12-7-5-6-8-14(12)21-18(23)11-17(22)20-13-9-15(24-2)19(26-4)16(10-13)25-3/h5-10H,11H2,1-4H3,(H,20,22)(H,21,23). The third-order valence-electron chi connectivity index (χ3n) is 3.69. The number of rotatable bonds is 7. The van der Waals surface area contributed by atoms with E-state index in [9.17, 15) is 9.59 Å². The van der Waals surface area contributed by atoms with Crippen molar-refractivity contribution in [3.05, 3.63) is 42.0 Å². The topological polar surface area (TPSA) is 85.9 Å². The van der Waals surface area contributed by atoms with Gasteiger partial charge in [0.25, 0.3) is 0 Å². The number of para-hydroxylation sites is 1. The van der Waals surface area contributed by atoms with E-state index < -0.39 is 11.8 Å². The van der Waals surface area contributed by atoms with Gasteiger partial charge < -0.3 is 24.8 Å². The van der Waals surface area contributed by atoms with Crippen LogP contribution in [-0.4, -0.2) is 33.1 Å². The van der Waals surface area contributed by atoms with Gasteiger partial charge in [-0.3, -0.25) is 9.59 Å². The van der Waals surface area contributed by atoms with E-state index in [2.05, 4.69) is 10.6 Å². The first-order valence-corrected chi connectivity index (χ1v) is 7.93. The summed E-state index contributed by atoms with van der Waals surface area (Å²) < 4.78 is 15.7. The first-order chi connectivity index (χ1) is 12.5. The van der Waals surface area contributed by atoms with E-state index in [1.54, 1.807) is 18.2 Å². The van der Waals surface area contributed by atoms with Gasteiger partial charge in [0.05, 0.1) is 21.3 Å². The molecular formula is C19H22N2O5. The van der Waals surface area contributed by atoms with Crippen molar-refractivity contribution in [2.75, 3.05) is 32.0 Å². The highest BCUT2D eigenvalue weighted by Crippen LogP contribution is 2.39. The van der Waals surface area contributed by atoms with Gasteiger partial charge in [-0.2, -0.15) is 0 Å². The maximum atomic E-state index is 12.2. The number of amides is 2. The molecule has 2 aromatic rings. The summed E-state index contributed by atoms with van der Waals surface area (Å²) in [6.45, 7) is 1.88. The predicted molar refractivity (Wildman–Crippen MR) is 99.2 cm³/mol. The van der Waals surface area contributed by atoms with Crippen LogP contribution in [-0.2, 0) is 9.59 Å². The van der Waals surface area contributed by atoms with Crippen molar-refractivity contribution in [2.45, 2.75) is 13.3 Å². The Bertz CT molecular complexity index is 779. The maximum Gasteiger partial charge on any atom is 0.233 e. The van der Waals surface area contributed by atoms with Crippen LogP contribution in [0.1, 0.15) is 12.0 Å². The minimum absolute atomic E-state index is 0.314. The van der Waals surface area contributed by atoms with Crippen molar-refractivity contribution in [3.63, 3.8) is 0 Å². The van der Waals surface area contributed by atoms with Crippen LogP contribution >= 0.6 is 0 Å². The highest BCUT2D eigenvalue weighted by molar-refractivity contribution is 6.08. The molecule has 0 aliphatic heterocycles. The third-order valence-corrected chi connectivity index (χ3v) is 3.69. The summed E-state index contributed by atoms with van der Waals surface area (Å²) in [5.74, 6) is 0.387. The first-order valence-electron chi connectivity index (χ1n) is 7.93. The normalized spacial score (nSPS) is 10.0. The SMILES string of the molecule is COc1cc(NC(=O)CC(=O)Nc2ccccc2C)cc(OC)c1OC. The molecule has 26 heavy (non-hydrogen) atoms. The van der Waals surface area contributed by atoms with Gasteiger partial charge in [-0.25, -0.2) is 0 Å². The molecule has 0 saturated carbocycles. The zero-order valence-corrected chi connectivity index (χ0v) is 15.2. The minimum atomic E-state index is -0.453. The van der Waals surface area contributed by atoms with Crippen LogP contribution < -0.4 is 24.8 Å². The molecule has 2 amide bonds. The van der Waals surface area contributed by atoms with E-state index in [4.69, 9.17) is 14.2 Å². The number of aryl methyl sites for hydroxylation is 1. The molecule has 0 atom stereocenters. The average molecular weight is 358 g/mol. The summed E-state index contributed by atoms with van der Waals surface area (Å²) in [6.07, 6.45) is -0.314. The summed E-state index contributed by atoms with van der Waals surface area (Å²) in [6, 6.07) is 10.5. The summed E-state index contributed by atoms with van der Waals surface area (Å²) in [7, 11) is 4.46. The molecule has 138 valence electrons. The van der Waals surface area contributed by atoms with Crippen LogP contribution in [0.25, 0.3) is 0 Å². The third kappa shape index (κ3) is 4.66. The monoisotopic (exact) mass is 358 g/mol. The van der Waals surface area contributed by atoms with Crippen molar-refractivity contribution in [1.82, 2.24) is 0 Å². The number of hydrogen-bond acceptors (Lipinski definition) is 5. The van der Waals surface area contributed by atoms with Crippen molar-refractivity contribution in [3.8, 4) is 17.2 Å². The number of anilines is 2. The van der Waals surface area contributed by atoms with Crippen molar-refractivity contribution >= 4 is 23.2 Å². The van der Waals surface area contributed by atoms with Gasteiger partial charge in [0.1, 0.15) is 6.42 Å². The number of carbonyl (C=O) groups is 2. The maximum absolute atomic E-state index is 12.2. The largest absolute Gasteiger partial charge is 0.493 e. The van der Waals surface area contributed by atoms with E-state index in [1.807, 2.05) is 25.1 Å². The Labute approximate surface area is 152 Å². The zero-order chi connectivity index (χ0) is 19.1. The van der Waals surface area contributed by atoms with E-state index in [1.165, 1.54) is 21.3 Å². The van der Waals surface area contributed by atoms with E-state index in [0.717, 1.165) is 5.56 Å². The highest BCUT2D eigenvalue weighted by atomic mass is 16.5. The van der Waals surface area contributed by atoms with Crippen LogP contribution in [0.4, 0.5) is 11.4 Å². The second-order valence-corrected chi connectivity index (χ2v) is 5.50. The van der Waals surface area contributed by atoms with Crippen LogP contribution in [0.15, 0.2) is 36.4 Å². The van der Waals surface area contributed by atoms with Crippen molar-refractivity contribution in [2.24, 2.45) is 0 Å². The van der Waals surface area contributed by atoms with E-state index in [-0.39, 0.29) is 6.42 Å². The molecule has 7 nitrogen and oxygen atoms in total. The van der Waals surface area contributed by atoms with Crippen LogP contribution in [0.2, 0.25) is 0 Å². The Morgan fingerprint density at radius 1 is 0.885 bits per heavy atom. The fourth-order valence-corrected chi connectivity index (χ4v) is 2.41. The molecule has 0 aliphatic rings. The Morgan fingerprint density at radius 3 is 2.00 bits per heavy atom. The van der Waals surface area contributed by atoms with Crippen molar-refractivity contribution < 1.29 is 23.8 Å². The van der Waals surface area contributed by atoms with Crippen LogP contribution in [0.3, 0.4) is 0 Å². The average Bonchev–Trinajstić information content (AvgIpc) is 2.62. The van der Waals surface area contributed by atoms with Gasteiger partial charge >= 0.3 is 0 Å². The molecule has 0 aliphatic carbocycles. The van der Waals surface area contributed by atoms with E-state index >= 15 is 0 Å². The number of methoxy groups -OCH3 is 3. The second kappa shape index (κ2) is 8.75. The zero-order valence-electron chi connectivity index (χ0n) is 15.2. The molecule has 0 spiro atoms. The highest BCUT2D eigenvalue weighted by Gasteiger charge is 2.16. The Balaban J connectivity index is 2.05. The fraction of sp³-hybridized carbons (Fsp3) is 0.263. The van der Waals surface area contributed by atoms with Gasteiger partial charge in [-0.1, -0.05) is 18.2 Å². The van der Waals surface area contributed by atoms with E-state index in [0.29, 0.717) is 28.6 Å². The smallest absolute Gasteiger partial charge is 0.233 e. The van der Waals surface area contributed by atoms with Gasteiger partial charge in [0.15, 0.2) is 11.5 Å². The number of ether oxygens (including phenoxy) is 3. The lowest BCUT2D eigenvalue weighted by molar-refractivity contribution is -0.123. The predicted octanol–water partition coefficient (Wildman–Crippen LogP) is 2.99. The van der Waals surface area contributed by atoms with Crippen molar-refractivity contribution in [1.29, 1.82) is 0 Å². The minimum Gasteiger partial charge on any atom is -0.493 e. The lowest BCUT2D eigenvalue weighted by Crippen LogP contribution is -2.21. The number of hydrogen-bond donors (Lipinski definition) is 2. The molecule has 0 bridgehead atoms. The Kier molecular flexibility index (Phi) is 6.43. The van der Waals surface area contributed by atoms with Crippen LogP contribution in [0.5, 0.6) is 17.2 Å². The molecule has 0 radical (unpaired) electrons. The fourth-order valence-electron chi connectivity index (χ4n) is 2.41. The van der Waals surface area contributed by atoms with Gasteiger partial charge in [0, 0.05) is 23.5 Å². The molecule has 7 heteroatoms. The van der Waals surface area contributed by atoms with Crippen LogP contribution in [0, 0.1) is 6.92 Å². The van der Waals surface area contributed by atoms with Gasteiger partial charge in [-0.15, -0.1) is 0 Å².